The number of ether oxygens (including phenoxy) is 1. The van der Waals surface area contributed by atoms with E-state index in [1.54, 1.807) is 12.0 Å². The fourth-order valence-corrected chi connectivity index (χ4v) is 7.03. The molecule has 0 saturated carbocycles. The van der Waals surface area contributed by atoms with Crippen LogP contribution in [0.1, 0.15) is 57.7 Å². The first-order valence-corrected chi connectivity index (χ1v) is 13.6. The molecular formula is C29H28N2O5S. The number of thiophene rings is 1. The van der Waals surface area contributed by atoms with Crippen LogP contribution in [0.5, 0.6) is 0 Å². The summed E-state index contributed by atoms with van der Waals surface area (Å²) in [6.07, 6.45) is 2.58. The largest absolute Gasteiger partial charge is 0.462 e. The smallest absolute Gasteiger partial charge is 0.341 e. The van der Waals surface area contributed by atoms with Crippen LogP contribution >= 0.6 is 11.3 Å². The van der Waals surface area contributed by atoms with Crippen molar-refractivity contribution in [1.29, 1.82) is 0 Å². The Morgan fingerprint density at radius 1 is 1.03 bits per heavy atom. The number of para-hydroxylation sites is 1. The molecule has 0 bridgehead atoms. The van der Waals surface area contributed by atoms with E-state index in [0.717, 1.165) is 52.9 Å². The molecule has 190 valence electrons. The lowest BCUT2D eigenvalue weighted by Crippen LogP contribution is -2.37. The standard InChI is InChI=1S/C29H28N2O5S/c1-3-35-29(34)22-20-11-7-8-12-21(20)37-28(22)30-26(32)23-24(18-15-13-17(2)14-16-18)31(36-25(23)27(30)33)19-9-5-4-6-10-19/h4-6,9-10,13-16,23-25H,3,7-8,11-12H2,1-2H3/t23-,24+,25+/m1/s1. The van der Waals surface area contributed by atoms with Crippen LogP contribution in [0.25, 0.3) is 0 Å². The molecule has 3 atom stereocenters. The van der Waals surface area contributed by atoms with Gasteiger partial charge in [0, 0.05) is 4.88 Å². The second kappa shape index (κ2) is 9.43. The Labute approximate surface area is 219 Å². The van der Waals surface area contributed by atoms with Crippen molar-refractivity contribution in [1.82, 2.24) is 0 Å². The molecule has 2 aliphatic heterocycles. The number of hydrogen-bond acceptors (Lipinski definition) is 7. The lowest BCUT2D eigenvalue weighted by molar-refractivity contribution is -0.126. The fraction of sp³-hybridized carbons (Fsp3) is 0.345. The van der Waals surface area contributed by atoms with Gasteiger partial charge in [0.05, 0.1) is 23.9 Å². The summed E-state index contributed by atoms with van der Waals surface area (Å²) in [6, 6.07) is 17.0. The van der Waals surface area contributed by atoms with Gasteiger partial charge in [-0.05, 0) is 62.8 Å². The molecular weight excluding hydrogens is 488 g/mol. The molecule has 3 heterocycles. The van der Waals surface area contributed by atoms with Crippen LogP contribution in [0.3, 0.4) is 0 Å². The van der Waals surface area contributed by atoms with Gasteiger partial charge in [-0.25, -0.2) is 14.8 Å². The molecule has 2 aromatic carbocycles. The number of aryl methyl sites for hydroxylation is 2. The van der Waals surface area contributed by atoms with Gasteiger partial charge in [0.25, 0.3) is 5.91 Å². The van der Waals surface area contributed by atoms with Crippen LogP contribution in [-0.2, 0) is 32.0 Å². The fourth-order valence-electron chi connectivity index (χ4n) is 5.64. The van der Waals surface area contributed by atoms with Crippen LogP contribution < -0.4 is 9.96 Å². The Balaban J connectivity index is 1.44. The molecule has 2 fully saturated rings. The lowest BCUT2D eigenvalue weighted by Gasteiger charge is -2.28. The predicted octanol–water partition coefficient (Wildman–Crippen LogP) is 5.16. The Kier molecular flexibility index (Phi) is 6.09. The molecule has 1 aromatic heterocycles. The molecule has 2 saturated heterocycles. The predicted molar refractivity (Wildman–Crippen MR) is 141 cm³/mol. The van der Waals surface area contributed by atoms with Crippen molar-refractivity contribution >= 4 is 39.8 Å². The van der Waals surface area contributed by atoms with Crippen molar-refractivity contribution in [3.05, 3.63) is 81.7 Å². The highest BCUT2D eigenvalue weighted by molar-refractivity contribution is 7.17. The number of carbonyl (C=O) groups excluding carboxylic acids is 3. The average Bonchev–Trinajstić information content (AvgIpc) is 3.55. The number of fused-ring (bicyclic) bond motifs is 2. The van der Waals surface area contributed by atoms with Gasteiger partial charge < -0.3 is 4.74 Å². The van der Waals surface area contributed by atoms with Crippen molar-refractivity contribution in [3.8, 4) is 0 Å². The number of hydrogen-bond donors (Lipinski definition) is 0. The second-order valence-corrected chi connectivity index (χ2v) is 10.8. The number of rotatable bonds is 5. The number of benzene rings is 2. The number of hydroxylamine groups is 1. The first-order valence-electron chi connectivity index (χ1n) is 12.8. The third-order valence-corrected chi connectivity index (χ3v) is 8.66. The van der Waals surface area contributed by atoms with E-state index in [1.165, 1.54) is 16.2 Å². The van der Waals surface area contributed by atoms with Crippen molar-refractivity contribution in [2.24, 2.45) is 5.92 Å². The Morgan fingerprint density at radius 2 is 1.76 bits per heavy atom. The molecule has 0 spiro atoms. The van der Waals surface area contributed by atoms with Crippen molar-refractivity contribution in [2.45, 2.75) is 51.7 Å². The average molecular weight is 517 g/mol. The van der Waals surface area contributed by atoms with Crippen LogP contribution in [0, 0.1) is 12.8 Å². The first-order chi connectivity index (χ1) is 18.0. The summed E-state index contributed by atoms with van der Waals surface area (Å²) < 4.78 is 5.37. The summed E-state index contributed by atoms with van der Waals surface area (Å²) in [4.78, 5) is 49.6. The summed E-state index contributed by atoms with van der Waals surface area (Å²) >= 11 is 1.37. The zero-order valence-electron chi connectivity index (χ0n) is 20.8. The van der Waals surface area contributed by atoms with E-state index in [2.05, 4.69) is 0 Å². The van der Waals surface area contributed by atoms with Crippen molar-refractivity contribution in [3.63, 3.8) is 0 Å². The van der Waals surface area contributed by atoms with Gasteiger partial charge in [0.1, 0.15) is 10.9 Å². The van der Waals surface area contributed by atoms with Gasteiger partial charge in [-0.15, -0.1) is 11.3 Å². The molecule has 1 aliphatic carbocycles. The van der Waals surface area contributed by atoms with E-state index >= 15 is 0 Å². The Morgan fingerprint density at radius 3 is 2.49 bits per heavy atom. The van der Waals surface area contributed by atoms with Gasteiger partial charge in [0.2, 0.25) is 5.91 Å². The molecule has 0 unspecified atom stereocenters. The van der Waals surface area contributed by atoms with E-state index in [0.29, 0.717) is 10.6 Å². The van der Waals surface area contributed by atoms with E-state index in [4.69, 9.17) is 9.57 Å². The molecule has 3 aliphatic rings. The van der Waals surface area contributed by atoms with Gasteiger partial charge >= 0.3 is 5.97 Å². The Bertz CT molecular complexity index is 1370. The summed E-state index contributed by atoms with van der Waals surface area (Å²) in [6.45, 7) is 3.99. The number of carbonyl (C=O) groups is 3. The molecule has 6 rings (SSSR count). The molecule has 3 aromatic rings. The van der Waals surface area contributed by atoms with Crippen LogP contribution in [0.4, 0.5) is 10.7 Å². The topological polar surface area (TPSA) is 76.2 Å². The molecule has 8 heteroatoms. The van der Waals surface area contributed by atoms with Gasteiger partial charge in [0.15, 0.2) is 6.10 Å². The maximum atomic E-state index is 14.1. The summed E-state index contributed by atoms with van der Waals surface area (Å²) in [5.41, 5.74) is 4.05. The summed E-state index contributed by atoms with van der Waals surface area (Å²) in [5.74, 6) is -2.00. The third-order valence-electron chi connectivity index (χ3n) is 7.38. The van der Waals surface area contributed by atoms with E-state index in [-0.39, 0.29) is 12.5 Å². The van der Waals surface area contributed by atoms with Crippen molar-refractivity contribution < 1.29 is 24.0 Å². The third kappa shape index (κ3) is 3.86. The summed E-state index contributed by atoms with van der Waals surface area (Å²) in [5, 5.41) is 2.08. The molecule has 37 heavy (non-hydrogen) atoms. The normalized spacial score (nSPS) is 22.8. The number of imide groups is 1. The summed E-state index contributed by atoms with van der Waals surface area (Å²) in [7, 11) is 0. The zero-order chi connectivity index (χ0) is 25.7. The molecule has 0 radical (unpaired) electrons. The highest BCUT2D eigenvalue weighted by Gasteiger charge is 2.61. The van der Waals surface area contributed by atoms with E-state index in [9.17, 15) is 14.4 Å². The monoisotopic (exact) mass is 516 g/mol. The minimum Gasteiger partial charge on any atom is -0.462 e. The van der Waals surface area contributed by atoms with Gasteiger partial charge in [-0.1, -0.05) is 48.0 Å². The van der Waals surface area contributed by atoms with Crippen LogP contribution in [0.2, 0.25) is 0 Å². The number of esters is 1. The second-order valence-electron chi connectivity index (χ2n) is 9.69. The van der Waals surface area contributed by atoms with Crippen molar-refractivity contribution in [2.75, 3.05) is 16.6 Å². The van der Waals surface area contributed by atoms with E-state index < -0.39 is 29.9 Å². The quantitative estimate of drug-likeness (QED) is 0.344. The first kappa shape index (κ1) is 23.9. The molecule has 7 nitrogen and oxygen atoms in total. The minimum absolute atomic E-state index is 0.223. The number of anilines is 2. The lowest BCUT2D eigenvalue weighted by atomic mass is 9.90. The Hall–Kier alpha value is -3.49. The minimum atomic E-state index is -0.979. The highest BCUT2D eigenvalue weighted by atomic mass is 32.1. The van der Waals surface area contributed by atoms with Crippen LogP contribution in [0.15, 0.2) is 54.6 Å². The molecule has 0 N–H and O–H groups in total. The van der Waals surface area contributed by atoms with Crippen LogP contribution in [-0.4, -0.2) is 30.5 Å². The highest BCUT2D eigenvalue weighted by Crippen LogP contribution is 2.50. The number of nitrogens with zero attached hydrogens (tertiary/aromatic N) is 2. The SMILES string of the molecule is CCOC(=O)c1c(N2C(=O)[C@H]3[C@H](ON(c4ccccc4)[C@H]3c3ccc(C)cc3)C2=O)sc2c1CCCC2. The van der Waals surface area contributed by atoms with Gasteiger partial charge in [-0.3, -0.25) is 14.4 Å². The van der Waals surface area contributed by atoms with E-state index in [1.807, 2.05) is 61.5 Å². The zero-order valence-corrected chi connectivity index (χ0v) is 21.6. The maximum Gasteiger partial charge on any atom is 0.341 e. The maximum absolute atomic E-state index is 14.1. The number of amides is 2. The molecule has 2 amide bonds. The van der Waals surface area contributed by atoms with Gasteiger partial charge in [-0.2, -0.15) is 0 Å².